The van der Waals surface area contributed by atoms with Crippen molar-refractivity contribution < 1.29 is 9.53 Å². The molecular formula is C10H15BrO2. The standard InChI is InChI=1S/C10H15BrO2/c1-5-8(2)6-7-13-9(12)10(3,4)11/h8H,5H2,1-4H3. The molecule has 1 atom stereocenters. The zero-order valence-corrected chi connectivity index (χ0v) is 10.1. The number of rotatable bonds is 2. The van der Waals surface area contributed by atoms with E-state index < -0.39 is 4.32 Å². The quantitative estimate of drug-likeness (QED) is 0.426. The molecule has 0 aliphatic rings. The molecule has 0 fully saturated rings. The maximum absolute atomic E-state index is 11.2. The van der Waals surface area contributed by atoms with E-state index >= 15 is 0 Å². The van der Waals surface area contributed by atoms with Crippen LogP contribution in [0.1, 0.15) is 34.1 Å². The number of alkyl halides is 1. The van der Waals surface area contributed by atoms with Gasteiger partial charge in [-0.3, -0.25) is 0 Å². The van der Waals surface area contributed by atoms with Crippen molar-refractivity contribution >= 4 is 21.9 Å². The summed E-state index contributed by atoms with van der Waals surface area (Å²) in [5.41, 5.74) is 0. The molecular weight excluding hydrogens is 232 g/mol. The average molecular weight is 247 g/mol. The zero-order chi connectivity index (χ0) is 10.5. The van der Waals surface area contributed by atoms with Crippen molar-refractivity contribution in [1.29, 1.82) is 0 Å². The van der Waals surface area contributed by atoms with E-state index in [0.29, 0.717) is 0 Å². The minimum Gasteiger partial charge on any atom is -0.371 e. The molecule has 0 radical (unpaired) electrons. The van der Waals surface area contributed by atoms with Crippen molar-refractivity contribution in [1.82, 2.24) is 0 Å². The number of esters is 1. The molecule has 0 heterocycles. The molecule has 0 aromatic heterocycles. The van der Waals surface area contributed by atoms with Gasteiger partial charge in [-0.1, -0.05) is 35.7 Å². The van der Waals surface area contributed by atoms with E-state index in [1.165, 1.54) is 0 Å². The highest BCUT2D eigenvalue weighted by atomic mass is 79.9. The lowest BCUT2D eigenvalue weighted by atomic mass is 10.1. The predicted octanol–water partition coefficient (Wildman–Crippen LogP) is 2.71. The van der Waals surface area contributed by atoms with Crippen molar-refractivity contribution in [3.05, 3.63) is 0 Å². The first-order valence-electron chi connectivity index (χ1n) is 4.28. The average Bonchev–Trinajstić information content (AvgIpc) is 2.02. The summed E-state index contributed by atoms with van der Waals surface area (Å²) in [5.74, 6) is 2.73. The lowest BCUT2D eigenvalue weighted by Gasteiger charge is -2.10. The second kappa shape index (κ2) is 5.29. The Balaban J connectivity index is 4.01. The van der Waals surface area contributed by atoms with E-state index in [9.17, 15) is 4.79 Å². The van der Waals surface area contributed by atoms with Gasteiger partial charge in [0.2, 0.25) is 0 Å². The molecule has 0 saturated heterocycles. The third kappa shape index (κ3) is 5.70. The molecule has 0 aromatic carbocycles. The van der Waals surface area contributed by atoms with Gasteiger partial charge in [-0.05, 0) is 20.3 Å². The number of ether oxygens (including phenoxy) is 1. The van der Waals surface area contributed by atoms with Gasteiger partial charge in [-0.2, -0.15) is 0 Å². The zero-order valence-electron chi connectivity index (χ0n) is 8.48. The Kier molecular flexibility index (Phi) is 5.09. The van der Waals surface area contributed by atoms with Gasteiger partial charge in [0.05, 0.1) is 0 Å². The van der Waals surface area contributed by atoms with Crippen LogP contribution in [0.25, 0.3) is 0 Å². The molecule has 0 aliphatic heterocycles. The second-order valence-corrected chi connectivity index (χ2v) is 5.40. The molecule has 0 N–H and O–H groups in total. The Labute approximate surface area is 88.2 Å². The number of halogens is 1. The summed E-state index contributed by atoms with van der Waals surface area (Å²) >= 11 is 3.19. The summed E-state index contributed by atoms with van der Waals surface area (Å²) in [6.45, 7) is 7.47. The van der Waals surface area contributed by atoms with Crippen molar-refractivity contribution in [2.75, 3.05) is 0 Å². The Morgan fingerprint density at radius 1 is 1.62 bits per heavy atom. The van der Waals surface area contributed by atoms with E-state index in [0.717, 1.165) is 6.42 Å². The summed E-state index contributed by atoms with van der Waals surface area (Å²) in [7, 11) is 0. The molecule has 2 nitrogen and oxygen atoms in total. The number of hydrogen-bond acceptors (Lipinski definition) is 2. The van der Waals surface area contributed by atoms with Gasteiger partial charge in [0.15, 0.2) is 0 Å². The molecule has 0 saturated carbocycles. The highest BCUT2D eigenvalue weighted by Crippen LogP contribution is 2.16. The Bertz CT molecular complexity index is 230. The van der Waals surface area contributed by atoms with Crippen molar-refractivity contribution in [2.24, 2.45) is 5.92 Å². The van der Waals surface area contributed by atoms with Gasteiger partial charge in [0.1, 0.15) is 10.4 Å². The minimum absolute atomic E-state index is 0.270. The summed E-state index contributed by atoms with van der Waals surface area (Å²) in [5, 5.41) is 0. The van der Waals surface area contributed by atoms with Gasteiger partial charge in [0.25, 0.3) is 0 Å². The largest absolute Gasteiger partial charge is 0.371 e. The summed E-state index contributed by atoms with van der Waals surface area (Å²) < 4.78 is 4.08. The summed E-state index contributed by atoms with van der Waals surface area (Å²) in [4.78, 5) is 11.2. The maximum atomic E-state index is 11.2. The van der Waals surface area contributed by atoms with E-state index in [2.05, 4.69) is 28.0 Å². The second-order valence-electron chi connectivity index (χ2n) is 3.42. The molecule has 74 valence electrons. The van der Waals surface area contributed by atoms with Crippen LogP contribution in [0, 0.1) is 17.9 Å². The van der Waals surface area contributed by atoms with Crippen LogP contribution in [0.2, 0.25) is 0 Å². The monoisotopic (exact) mass is 246 g/mol. The van der Waals surface area contributed by atoms with Gasteiger partial charge in [0, 0.05) is 5.92 Å². The predicted molar refractivity (Wildman–Crippen MR) is 56.3 cm³/mol. The van der Waals surface area contributed by atoms with Gasteiger partial charge in [-0.15, -0.1) is 0 Å². The number of hydrogen-bond donors (Lipinski definition) is 0. The fourth-order valence-electron chi connectivity index (χ4n) is 0.400. The maximum Gasteiger partial charge on any atom is 0.336 e. The first kappa shape index (κ1) is 12.5. The topological polar surface area (TPSA) is 26.3 Å². The van der Waals surface area contributed by atoms with E-state index in [1.807, 2.05) is 13.8 Å². The van der Waals surface area contributed by atoms with Gasteiger partial charge >= 0.3 is 5.97 Å². The molecule has 0 spiro atoms. The first-order valence-corrected chi connectivity index (χ1v) is 5.08. The molecule has 0 amide bonds. The summed E-state index contributed by atoms with van der Waals surface area (Å²) in [6, 6.07) is 0. The molecule has 1 unspecified atom stereocenters. The Morgan fingerprint density at radius 2 is 2.15 bits per heavy atom. The van der Waals surface area contributed by atoms with Crippen LogP contribution in [-0.4, -0.2) is 10.3 Å². The van der Waals surface area contributed by atoms with Crippen molar-refractivity contribution in [3.8, 4) is 12.0 Å². The lowest BCUT2D eigenvalue weighted by molar-refractivity contribution is -0.138. The molecule has 0 rings (SSSR count). The van der Waals surface area contributed by atoms with E-state index in [1.54, 1.807) is 13.8 Å². The van der Waals surface area contributed by atoms with Gasteiger partial charge in [-0.25, -0.2) is 4.79 Å². The van der Waals surface area contributed by atoms with Crippen molar-refractivity contribution in [2.45, 2.75) is 38.4 Å². The van der Waals surface area contributed by atoms with Crippen LogP contribution >= 0.6 is 15.9 Å². The molecule has 0 aromatic rings. The van der Waals surface area contributed by atoms with E-state index in [4.69, 9.17) is 4.74 Å². The van der Waals surface area contributed by atoms with Crippen LogP contribution in [-0.2, 0) is 9.53 Å². The normalized spacial score (nSPS) is 12.7. The Morgan fingerprint density at radius 3 is 2.54 bits per heavy atom. The van der Waals surface area contributed by atoms with Crippen LogP contribution in [0.4, 0.5) is 0 Å². The highest BCUT2D eigenvalue weighted by Gasteiger charge is 2.25. The van der Waals surface area contributed by atoms with Crippen LogP contribution in [0.15, 0.2) is 0 Å². The van der Waals surface area contributed by atoms with Crippen LogP contribution in [0.3, 0.4) is 0 Å². The smallest absolute Gasteiger partial charge is 0.336 e. The minimum atomic E-state index is -0.656. The fourth-order valence-corrected chi connectivity index (χ4v) is 0.481. The number of carbonyl (C=O) groups is 1. The van der Waals surface area contributed by atoms with Gasteiger partial charge < -0.3 is 4.74 Å². The Hall–Kier alpha value is -0.490. The van der Waals surface area contributed by atoms with Crippen LogP contribution in [0.5, 0.6) is 0 Å². The summed E-state index contributed by atoms with van der Waals surface area (Å²) in [6.07, 6.45) is 3.37. The molecule has 0 bridgehead atoms. The third-order valence-electron chi connectivity index (χ3n) is 1.55. The fraction of sp³-hybridized carbons (Fsp3) is 0.700. The van der Waals surface area contributed by atoms with Crippen LogP contribution < -0.4 is 0 Å². The number of carbonyl (C=O) groups excluding carboxylic acids is 1. The molecule has 3 heteroatoms. The van der Waals surface area contributed by atoms with E-state index in [-0.39, 0.29) is 11.9 Å². The SMILES string of the molecule is CCC(C)C#COC(=O)C(C)(C)Br. The molecule has 0 aliphatic carbocycles. The van der Waals surface area contributed by atoms with Crippen molar-refractivity contribution in [3.63, 3.8) is 0 Å². The first-order chi connectivity index (χ1) is 5.88. The lowest BCUT2D eigenvalue weighted by Crippen LogP contribution is -2.24. The highest BCUT2D eigenvalue weighted by molar-refractivity contribution is 9.10. The molecule has 13 heavy (non-hydrogen) atoms. The third-order valence-corrected chi connectivity index (χ3v) is 1.87.